The van der Waals surface area contributed by atoms with Gasteiger partial charge in [-0.05, 0) is 30.7 Å². The Hall–Kier alpha value is -4.77. The molecule has 5 rings (SSSR count). The fraction of sp³-hybridized carbons (Fsp3) is 0.179. The van der Waals surface area contributed by atoms with Gasteiger partial charge in [-0.3, -0.25) is 23.9 Å². The summed E-state index contributed by atoms with van der Waals surface area (Å²) in [4.78, 5) is 58.7. The van der Waals surface area contributed by atoms with E-state index >= 15 is 0 Å². The van der Waals surface area contributed by atoms with E-state index in [1.807, 2.05) is 0 Å². The molecule has 11 heteroatoms. The lowest BCUT2D eigenvalue weighted by molar-refractivity contribution is -0.138. The predicted molar refractivity (Wildman–Crippen MR) is 145 cm³/mol. The number of anilines is 1. The van der Waals surface area contributed by atoms with Crippen LogP contribution in [0.2, 0.25) is 0 Å². The van der Waals surface area contributed by atoms with Gasteiger partial charge >= 0.3 is 5.97 Å². The Balaban J connectivity index is 1.78. The van der Waals surface area contributed by atoms with E-state index in [1.54, 1.807) is 62.6 Å². The van der Waals surface area contributed by atoms with E-state index in [-0.39, 0.29) is 28.8 Å². The van der Waals surface area contributed by atoms with E-state index in [1.165, 1.54) is 15.5 Å². The number of nitrogens with zero attached hydrogens (tertiary/aromatic N) is 3. The maximum absolute atomic E-state index is 14.1. The highest BCUT2D eigenvalue weighted by atomic mass is 32.1. The number of esters is 1. The van der Waals surface area contributed by atoms with Gasteiger partial charge in [-0.25, -0.2) is 9.79 Å². The number of hydrogen-bond acceptors (Lipinski definition) is 8. The normalized spacial score (nSPS) is 17.3. The van der Waals surface area contributed by atoms with Crippen molar-refractivity contribution in [2.45, 2.75) is 13.0 Å². The molecule has 39 heavy (non-hydrogen) atoms. The third kappa shape index (κ3) is 4.36. The molecule has 0 aliphatic carbocycles. The number of benzene rings is 2. The lowest BCUT2D eigenvalue weighted by Gasteiger charge is -2.24. The Bertz CT molecular complexity index is 1750. The Morgan fingerprint density at radius 3 is 2.54 bits per heavy atom. The van der Waals surface area contributed by atoms with Crippen LogP contribution in [-0.2, 0) is 19.1 Å². The minimum atomic E-state index is -0.868. The predicted octanol–water partition coefficient (Wildman–Crippen LogP) is 1.18. The number of rotatable bonds is 7. The molecule has 10 nitrogen and oxygen atoms in total. The summed E-state index contributed by atoms with van der Waals surface area (Å²) in [6.07, 6.45) is 1.45. The zero-order chi connectivity index (χ0) is 27.8. The Kier molecular flexibility index (Phi) is 6.75. The monoisotopic (exact) mass is 544 g/mol. The molecule has 3 heterocycles. The number of fused-ring (bicyclic) bond motifs is 2. The number of nitrogens with two attached hydrogens (primary N) is 1. The summed E-state index contributed by atoms with van der Waals surface area (Å²) in [6.45, 7) is 4.92. The molecule has 0 spiro atoms. The molecule has 0 saturated heterocycles. The van der Waals surface area contributed by atoms with Crippen molar-refractivity contribution in [3.63, 3.8) is 0 Å². The number of aromatic nitrogens is 1. The largest absolute Gasteiger partial charge is 0.497 e. The summed E-state index contributed by atoms with van der Waals surface area (Å²) >= 11 is 1.04. The van der Waals surface area contributed by atoms with Gasteiger partial charge in [-0.2, -0.15) is 0 Å². The maximum Gasteiger partial charge on any atom is 0.338 e. The van der Waals surface area contributed by atoms with Gasteiger partial charge in [0.2, 0.25) is 5.91 Å². The molecule has 0 saturated carbocycles. The van der Waals surface area contributed by atoms with E-state index in [0.29, 0.717) is 33.1 Å². The lowest BCUT2D eigenvalue weighted by Crippen LogP contribution is -2.41. The number of ether oxygens (including phenoxy) is 2. The summed E-state index contributed by atoms with van der Waals surface area (Å²) in [7, 11) is 1.54. The summed E-state index contributed by atoms with van der Waals surface area (Å²) in [5.41, 5.74) is 7.25. The quantitative estimate of drug-likeness (QED) is 0.351. The number of carbonyl (C=O) groups excluding carboxylic acids is 3. The van der Waals surface area contributed by atoms with Crippen LogP contribution in [0.5, 0.6) is 5.75 Å². The number of amides is 2. The van der Waals surface area contributed by atoms with Crippen LogP contribution in [0.1, 0.15) is 24.1 Å². The standard InChI is InChI=1S/C28H24N4O6S/c1-4-13-38-27(36)21-15(2)30-28-32(23(21)16-9-11-17(37-3)12-10-16)26(35)24(39-28)22-18-7-5-6-8-19(18)31(25(22)34)14-20(29)33/h4-12,23H,1,13-14H2,2-3H3,(H2,29,33)/b24-22-/t23-/m1/s1. The van der Waals surface area contributed by atoms with Gasteiger partial charge in [0, 0.05) is 5.56 Å². The number of carbonyl (C=O) groups is 3. The van der Waals surface area contributed by atoms with Crippen LogP contribution in [0.15, 0.2) is 82.2 Å². The van der Waals surface area contributed by atoms with Gasteiger partial charge in [0.05, 0.1) is 35.7 Å². The molecule has 0 radical (unpaired) electrons. The topological polar surface area (TPSA) is 133 Å². The summed E-state index contributed by atoms with van der Waals surface area (Å²) < 4.78 is 12.2. The second-order valence-electron chi connectivity index (χ2n) is 8.81. The van der Waals surface area contributed by atoms with Gasteiger partial charge in [-0.1, -0.05) is 54.3 Å². The molecular weight excluding hydrogens is 520 g/mol. The van der Waals surface area contributed by atoms with Crippen molar-refractivity contribution in [1.29, 1.82) is 0 Å². The Morgan fingerprint density at radius 1 is 1.15 bits per heavy atom. The van der Waals surface area contributed by atoms with Crippen molar-refractivity contribution < 1.29 is 23.9 Å². The van der Waals surface area contributed by atoms with E-state index in [2.05, 4.69) is 11.6 Å². The van der Waals surface area contributed by atoms with Crippen LogP contribution in [0.4, 0.5) is 5.69 Å². The van der Waals surface area contributed by atoms with Crippen molar-refractivity contribution in [2.75, 3.05) is 25.2 Å². The number of allylic oxidation sites excluding steroid dienone is 1. The molecule has 198 valence electrons. The number of primary amides is 1. The first-order chi connectivity index (χ1) is 18.8. The van der Waals surface area contributed by atoms with Gasteiger partial charge in [0.25, 0.3) is 11.5 Å². The van der Waals surface area contributed by atoms with E-state index < -0.39 is 29.4 Å². The van der Waals surface area contributed by atoms with Gasteiger partial charge in [0.15, 0.2) is 4.80 Å². The molecule has 2 amide bonds. The SMILES string of the molecule is C=CCOC(=O)C1=C(C)N=c2s/c(=C3\C(=O)N(CC(N)=O)c4ccccc43)c(=O)n2[C@@H]1c1ccc(OC)cc1. The summed E-state index contributed by atoms with van der Waals surface area (Å²) in [5, 5.41) is 0. The van der Waals surface area contributed by atoms with E-state index in [0.717, 1.165) is 11.3 Å². The Morgan fingerprint density at radius 2 is 1.87 bits per heavy atom. The van der Waals surface area contributed by atoms with Crippen LogP contribution in [0.25, 0.3) is 5.57 Å². The number of thiazole rings is 1. The zero-order valence-electron chi connectivity index (χ0n) is 21.2. The molecule has 2 aliphatic rings. The van der Waals surface area contributed by atoms with E-state index in [4.69, 9.17) is 15.2 Å². The van der Waals surface area contributed by atoms with E-state index in [9.17, 15) is 19.2 Å². The summed E-state index contributed by atoms with van der Waals surface area (Å²) in [6, 6.07) is 13.0. The lowest BCUT2D eigenvalue weighted by atomic mass is 9.96. The molecule has 0 unspecified atom stereocenters. The molecule has 2 N–H and O–H groups in total. The second-order valence-corrected chi connectivity index (χ2v) is 9.79. The van der Waals surface area contributed by atoms with Crippen LogP contribution in [0.3, 0.4) is 0 Å². The molecule has 0 bridgehead atoms. The molecule has 2 aliphatic heterocycles. The highest BCUT2D eigenvalue weighted by molar-refractivity contribution is 7.07. The molecule has 2 aromatic carbocycles. The fourth-order valence-corrected chi connectivity index (χ4v) is 5.90. The molecule has 1 aromatic heterocycles. The summed E-state index contributed by atoms with van der Waals surface area (Å²) in [5.74, 6) is -1.22. The number of hydrogen-bond donors (Lipinski definition) is 1. The minimum Gasteiger partial charge on any atom is -0.497 e. The van der Waals surface area contributed by atoms with Gasteiger partial charge in [-0.15, -0.1) is 0 Å². The molecule has 0 fully saturated rings. The first-order valence-corrected chi connectivity index (χ1v) is 12.7. The van der Waals surface area contributed by atoms with Crippen molar-refractivity contribution >= 4 is 40.4 Å². The van der Waals surface area contributed by atoms with Crippen molar-refractivity contribution in [2.24, 2.45) is 10.7 Å². The van der Waals surface area contributed by atoms with Crippen molar-refractivity contribution in [3.8, 4) is 5.75 Å². The average molecular weight is 545 g/mol. The highest BCUT2D eigenvalue weighted by Gasteiger charge is 2.37. The smallest absolute Gasteiger partial charge is 0.338 e. The average Bonchev–Trinajstić information content (AvgIpc) is 3.38. The Labute approximate surface area is 226 Å². The third-order valence-corrected chi connectivity index (χ3v) is 7.50. The minimum absolute atomic E-state index is 0.0134. The first-order valence-electron chi connectivity index (χ1n) is 11.9. The zero-order valence-corrected chi connectivity index (χ0v) is 22.0. The van der Waals surface area contributed by atoms with Crippen LogP contribution >= 0.6 is 11.3 Å². The highest BCUT2D eigenvalue weighted by Crippen LogP contribution is 2.35. The molecule has 1 atom stereocenters. The van der Waals surface area contributed by atoms with Crippen LogP contribution in [0, 0.1) is 0 Å². The van der Waals surface area contributed by atoms with Crippen molar-refractivity contribution in [3.05, 3.63) is 103 Å². The maximum atomic E-state index is 14.1. The van der Waals surface area contributed by atoms with Crippen molar-refractivity contribution in [1.82, 2.24) is 4.57 Å². The van der Waals surface area contributed by atoms with Crippen LogP contribution < -0.4 is 30.3 Å². The second kappa shape index (κ2) is 10.2. The first kappa shape index (κ1) is 25.9. The fourth-order valence-electron chi connectivity index (χ4n) is 4.76. The van der Waals surface area contributed by atoms with Gasteiger partial charge in [0.1, 0.15) is 23.4 Å². The molecule has 3 aromatic rings. The van der Waals surface area contributed by atoms with Gasteiger partial charge < -0.3 is 15.2 Å². The number of para-hydroxylation sites is 1. The molecular formula is C28H24N4O6S. The number of methoxy groups -OCH3 is 1. The van der Waals surface area contributed by atoms with Crippen LogP contribution in [-0.4, -0.2) is 42.6 Å². The third-order valence-electron chi connectivity index (χ3n) is 6.45.